The van der Waals surface area contributed by atoms with Crippen molar-refractivity contribution in [3.63, 3.8) is 0 Å². The van der Waals surface area contributed by atoms with Crippen molar-refractivity contribution in [2.75, 3.05) is 11.4 Å². The Morgan fingerprint density at radius 3 is 2.30 bits per heavy atom. The third kappa shape index (κ3) is 4.33. The Balaban J connectivity index is 1.81. The van der Waals surface area contributed by atoms with Crippen molar-refractivity contribution in [2.24, 2.45) is 0 Å². The van der Waals surface area contributed by atoms with Crippen molar-refractivity contribution in [2.45, 2.75) is 20.4 Å². The van der Waals surface area contributed by atoms with E-state index in [-0.39, 0.29) is 0 Å². The lowest BCUT2D eigenvalue weighted by Crippen LogP contribution is -2.23. The van der Waals surface area contributed by atoms with E-state index in [1.54, 1.807) is 6.07 Å². The molecule has 0 fully saturated rings. The Bertz CT molecular complexity index is 1130. The fourth-order valence-electron chi connectivity index (χ4n) is 3.50. The van der Waals surface area contributed by atoms with Crippen LogP contribution in [0, 0.1) is 6.92 Å². The number of aromatic hydroxyl groups is 1. The zero-order valence-electron chi connectivity index (χ0n) is 17.3. The van der Waals surface area contributed by atoms with Crippen LogP contribution in [0.3, 0.4) is 0 Å². The summed E-state index contributed by atoms with van der Waals surface area (Å²) in [6.45, 7) is 5.64. The van der Waals surface area contributed by atoms with Gasteiger partial charge in [-0.3, -0.25) is 4.98 Å². The fourth-order valence-corrected chi connectivity index (χ4v) is 3.50. The van der Waals surface area contributed by atoms with Gasteiger partial charge in [-0.2, -0.15) is 0 Å². The Labute approximate surface area is 177 Å². The molecule has 0 saturated heterocycles. The van der Waals surface area contributed by atoms with Gasteiger partial charge in [0.15, 0.2) is 0 Å². The molecule has 0 atom stereocenters. The van der Waals surface area contributed by atoms with Crippen LogP contribution in [-0.2, 0) is 6.54 Å². The molecule has 0 aliphatic rings. The first-order valence-electron chi connectivity index (χ1n) is 10.2. The summed E-state index contributed by atoms with van der Waals surface area (Å²) >= 11 is 0. The van der Waals surface area contributed by atoms with Gasteiger partial charge in [0.2, 0.25) is 0 Å². The molecule has 2 aromatic heterocycles. The number of nitrogens with zero attached hydrogens (tertiary/aromatic N) is 3. The Morgan fingerprint density at radius 2 is 1.60 bits per heavy atom. The number of pyridine rings is 2. The molecular weight excluding hydrogens is 370 g/mol. The molecule has 0 aliphatic carbocycles. The van der Waals surface area contributed by atoms with Gasteiger partial charge in [-0.05, 0) is 78.6 Å². The van der Waals surface area contributed by atoms with E-state index in [4.69, 9.17) is 4.98 Å². The quantitative estimate of drug-likeness (QED) is 0.445. The molecule has 30 heavy (non-hydrogen) atoms. The average Bonchev–Trinajstić information content (AvgIpc) is 2.80. The molecule has 0 amide bonds. The molecule has 150 valence electrons. The summed E-state index contributed by atoms with van der Waals surface area (Å²) in [5.41, 5.74) is 6.19. The molecule has 0 radical (unpaired) electrons. The van der Waals surface area contributed by atoms with Gasteiger partial charge in [-0.15, -0.1) is 0 Å². The van der Waals surface area contributed by atoms with Crippen molar-refractivity contribution in [1.82, 2.24) is 9.97 Å². The summed E-state index contributed by atoms with van der Waals surface area (Å²) in [5, 5.41) is 9.93. The standard InChI is InChI=1S/C26H25N3O/c1-3-29(18-20-11-13-27-14-12-20)26-17-23(21-7-5-4-6-8-21)16-24(28-26)22-9-10-25(30)19(2)15-22/h4-17,30H,3,18H2,1-2H3. The van der Waals surface area contributed by atoms with Gasteiger partial charge in [-0.25, -0.2) is 4.98 Å². The van der Waals surface area contributed by atoms with Crippen molar-refractivity contribution < 1.29 is 5.11 Å². The van der Waals surface area contributed by atoms with Gasteiger partial charge in [-0.1, -0.05) is 30.3 Å². The zero-order valence-corrected chi connectivity index (χ0v) is 17.3. The lowest BCUT2D eigenvalue weighted by molar-refractivity contribution is 0.471. The summed E-state index contributed by atoms with van der Waals surface area (Å²) < 4.78 is 0. The second kappa shape index (κ2) is 8.78. The molecule has 2 aromatic carbocycles. The van der Waals surface area contributed by atoms with Crippen LogP contribution in [0.1, 0.15) is 18.1 Å². The lowest BCUT2D eigenvalue weighted by Gasteiger charge is -2.23. The summed E-state index contributed by atoms with van der Waals surface area (Å²) in [5.74, 6) is 1.22. The topological polar surface area (TPSA) is 49.2 Å². The van der Waals surface area contributed by atoms with Gasteiger partial charge in [0.05, 0.1) is 5.69 Å². The Morgan fingerprint density at radius 1 is 0.833 bits per heavy atom. The van der Waals surface area contributed by atoms with E-state index in [0.29, 0.717) is 5.75 Å². The number of hydrogen-bond donors (Lipinski definition) is 1. The maximum atomic E-state index is 9.93. The summed E-state index contributed by atoms with van der Waals surface area (Å²) in [6.07, 6.45) is 3.64. The maximum absolute atomic E-state index is 9.93. The SMILES string of the molecule is CCN(Cc1ccncc1)c1cc(-c2ccccc2)cc(-c2ccc(O)c(C)c2)n1. The highest BCUT2D eigenvalue weighted by molar-refractivity contribution is 5.74. The number of aryl methyl sites for hydroxylation is 1. The first kappa shape index (κ1) is 19.6. The van der Waals surface area contributed by atoms with Gasteiger partial charge < -0.3 is 10.0 Å². The Kier molecular flexibility index (Phi) is 5.75. The summed E-state index contributed by atoms with van der Waals surface area (Å²) in [6, 6.07) is 24.3. The van der Waals surface area contributed by atoms with E-state index in [9.17, 15) is 5.11 Å². The molecule has 4 nitrogen and oxygen atoms in total. The normalized spacial score (nSPS) is 10.7. The van der Waals surface area contributed by atoms with Crippen LogP contribution in [0.15, 0.2) is 85.2 Å². The van der Waals surface area contributed by atoms with Crippen LogP contribution in [0.4, 0.5) is 5.82 Å². The molecule has 4 aromatic rings. The van der Waals surface area contributed by atoms with Crippen molar-refractivity contribution >= 4 is 5.82 Å². The molecular formula is C26H25N3O. The lowest BCUT2D eigenvalue weighted by atomic mass is 10.0. The predicted molar refractivity (Wildman–Crippen MR) is 122 cm³/mol. The molecule has 0 bridgehead atoms. The van der Waals surface area contributed by atoms with E-state index >= 15 is 0 Å². The highest BCUT2D eigenvalue weighted by Gasteiger charge is 2.13. The van der Waals surface area contributed by atoms with Crippen LogP contribution >= 0.6 is 0 Å². The molecule has 0 aliphatic heterocycles. The van der Waals surface area contributed by atoms with E-state index in [0.717, 1.165) is 46.9 Å². The van der Waals surface area contributed by atoms with Crippen LogP contribution in [-0.4, -0.2) is 21.6 Å². The first-order chi connectivity index (χ1) is 14.6. The molecule has 4 heteroatoms. The maximum Gasteiger partial charge on any atom is 0.130 e. The van der Waals surface area contributed by atoms with E-state index in [1.807, 2.05) is 61.8 Å². The molecule has 4 rings (SSSR count). The number of anilines is 1. The van der Waals surface area contributed by atoms with Crippen LogP contribution < -0.4 is 4.90 Å². The van der Waals surface area contributed by atoms with Gasteiger partial charge in [0, 0.05) is 31.0 Å². The largest absolute Gasteiger partial charge is 0.508 e. The third-order valence-electron chi connectivity index (χ3n) is 5.24. The second-order valence-electron chi connectivity index (χ2n) is 7.34. The number of hydrogen-bond acceptors (Lipinski definition) is 4. The zero-order chi connectivity index (χ0) is 20.9. The fraction of sp³-hybridized carbons (Fsp3) is 0.154. The number of rotatable bonds is 6. The highest BCUT2D eigenvalue weighted by Crippen LogP contribution is 2.31. The molecule has 0 saturated carbocycles. The first-order valence-corrected chi connectivity index (χ1v) is 10.2. The Hall–Kier alpha value is -3.66. The molecule has 0 spiro atoms. The number of benzene rings is 2. The van der Waals surface area contributed by atoms with Gasteiger partial charge in [0.1, 0.15) is 11.6 Å². The average molecular weight is 396 g/mol. The number of phenolic OH excluding ortho intramolecular Hbond substituents is 1. The summed E-state index contributed by atoms with van der Waals surface area (Å²) in [4.78, 5) is 11.4. The van der Waals surface area contributed by atoms with Crippen molar-refractivity contribution in [1.29, 1.82) is 0 Å². The third-order valence-corrected chi connectivity index (χ3v) is 5.24. The minimum Gasteiger partial charge on any atom is -0.508 e. The van der Waals surface area contributed by atoms with E-state index in [2.05, 4.69) is 41.1 Å². The van der Waals surface area contributed by atoms with Gasteiger partial charge in [0.25, 0.3) is 0 Å². The highest BCUT2D eigenvalue weighted by atomic mass is 16.3. The minimum atomic E-state index is 0.297. The van der Waals surface area contributed by atoms with Crippen molar-refractivity contribution in [3.8, 4) is 28.1 Å². The number of phenols is 1. The van der Waals surface area contributed by atoms with E-state index in [1.165, 1.54) is 5.56 Å². The van der Waals surface area contributed by atoms with Crippen molar-refractivity contribution in [3.05, 3.63) is 96.3 Å². The second-order valence-corrected chi connectivity index (χ2v) is 7.34. The van der Waals surface area contributed by atoms with Crippen LogP contribution in [0.2, 0.25) is 0 Å². The molecule has 1 N–H and O–H groups in total. The molecule has 2 heterocycles. The predicted octanol–water partition coefficient (Wildman–Crippen LogP) is 5.85. The van der Waals surface area contributed by atoms with Crippen LogP contribution in [0.25, 0.3) is 22.4 Å². The monoisotopic (exact) mass is 395 g/mol. The van der Waals surface area contributed by atoms with Crippen LogP contribution in [0.5, 0.6) is 5.75 Å². The minimum absolute atomic E-state index is 0.297. The molecule has 0 unspecified atom stereocenters. The van der Waals surface area contributed by atoms with E-state index < -0.39 is 0 Å². The number of aromatic nitrogens is 2. The van der Waals surface area contributed by atoms with Gasteiger partial charge >= 0.3 is 0 Å². The summed E-state index contributed by atoms with van der Waals surface area (Å²) in [7, 11) is 0. The smallest absolute Gasteiger partial charge is 0.130 e.